The van der Waals surface area contributed by atoms with Crippen LogP contribution in [0.15, 0.2) is 10.3 Å². The first kappa shape index (κ1) is 11.9. The molecule has 0 bridgehead atoms. The largest absolute Gasteiger partial charge is 0.411 e. The third kappa shape index (κ3) is 1.69. The van der Waals surface area contributed by atoms with E-state index in [9.17, 15) is 5.11 Å². The highest BCUT2D eigenvalue weighted by Crippen LogP contribution is 2.29. The quantitative estimate of drug-likeness (QED) is 0.338. The van der Waals surface area contributed by atoms with Crippen LogP contribution in [0.3, 0.4) is 0 Å². The van der Waals surface area contributed by atoms with Crippen molar-refractivity contribution < 1.29 is 25.0 Å². The first-order valence-corrected chi connectivity index (χ1v) is 4.38. The Morgan fingerprint density at radius 1 is 1.27 bits per heavy atom. The van der Waals surface area contributed by atoms with Gasteiger partial charge in [-0.05, 0) is 12.8 Å². The van der Waals surface area contributed by atoms with Crippen LogP contribution in [0.5, 0.6) is 0 Å². The lowest BCUT2D eigenvalue weighted by Crippen LogP contribution is -2.58. The number of ether oxygens (including phenoxy) is 2. The maximum absolute atomic E-state index is 9.76. The van der Waals surface area contributed by atoms with Crippen molar-refractivity contribution in [3.8, 4) is 0 Å². The summed E-state index contributed by atoms with van der Waals surface area (Å²) >= 11 is 0. The van der Waals surface area contributed by atoms with Crippen molar-refractivity contribution >= 4 is 11.4 Å². The lowest BCUT2D eigenvalue weighted by molar-refractivity contribution is -0.213. The smallest absolute Gasteiger partial charge is 0.244 e. The molecule has 1 fully saturated rings. The van der Waals surface area contributed by atoms with Gasteiger partial charge in [0.25, 0.3) is 0 Å². The van der Waals surface area contributed by atoms with Crippen LogP contribution in [-0.2, 0) is 9.47 Å². The van der Waals surface area contributed by atoms with Gasteiger partial charge < -0.3 is 25.0 Å². The minimum Gasteiger partial charge on any atom is -0.411 e. The summed E-state index contributed by atoms with van der Waals surface area (Å²) < 4.78 is 10.0. The van der Waals surface area contributed by atoms with Gasteiger partial charge in [0.2, 0.25) is 5.79 Å². The van der Waals surface area contributed by atoms with E-state index in [0.29, 0.717) is 6.42 Å². The topological polar surface area (TPSA) is 104 Å². The van der Waals surface area contributed by atoms with Crippen molar-refractivity contribution in [2.75, 3.05) is 14.2 Å². The Labute approximate surface area is 86.6 Å². The van der Waals surface area contributed by atoms with Crippen LogP contribution >= 0.6 is 0 Å². The van der Waals surface area contributed by atoms with E-state index in [2.05, 4.69) is 10.3 Å². The van der Waals surface area contributed by atoms with Gasteiger partial charge in [0, 0.05) is 14.2 Å². The van der Waals surface area contributed by atoms with Gasteiger partial charge >= 0.3 is 0 Å². The molecule has 1 atom stereocenters. The van der Waals surface area contributed by atoms with Gasteiger partial charge in [0.15, 0.2) is 5.71 Å². The fourth-order valence-electron chi connectivity index (χ4n) is 1.71. The van der Waals surface area contributed by atoms with Crippen molar-refractivity contribution in [3.05, 3.63) is 0 Å². The van der Waals surface area contributed by atoms with Crippen molar-refractivity contribution in [2.45, 2.75) is 24.7 Å². The molecule has 0 aromatic rings. The summed E-state index contributed by atoms with van der Waals surface area (Å²) in [6.45, 7) is 0. The molecule has 0 radical (unpaired) electrons. The van der Waals surface area contributed by atoms with Crippen LogP contribution in [0.4, 0.5) is 0 Å². The molecule has 86 valence electrons. The van der Waals surface area contributed by atoms with Crippen LogP contribution in [0.25, 0.3) is 0 Å². The molecular formula is C8H14N2O5. The molecule has 1 aliphatic rings. The van der Waals surface area contributed by atoms with Gasteiger partial charge in [-0.3, -0.25) is 0 Å². The lowest BCUT2D eigenvalue weighted by atomic mass is 9.87. The van der Waals surface area contributed by atoms with Crippen molar-refractivity contribution in [3.63, 3.8) is 0 Å². The Balaban J connectivity index is 3.18. The average Bonchev–Trinajstić information content (AvgIpc) is 2.28. The Morgan fingerprint density at radius 2 is 1.87 bits per heavy atom. The minimum absolute atomic E-state index is 0.117. The number of aliphatic hydroxyl groups excluding tert-OH is 1. The Kier molecular flexibility index (Phi) is 3.61. The van der Waals surface area contributed by atoms with E-state index >= 15 is 0 Å². The zero-order valence-electron chi connectivity index (χ0n) is 8.54. The van der Waals surface area contributed by atoms with E-state index in [1.54, 1.807) is 0 Å². The lowest BCUT2D eigenvalue weighted by Gasteiger charge is -2.38. The molecule has 0 aliphatic heterocycles. The number of nitrogens with zero attached hydrogens (tertiary/aromatic N) is 2. The zero-order chi connectivity index (χ0) is 11.5. The second-order valence-corrected chi connectivity index (χ2v) is 3.13. The Hall–Kier alpha value is -1.18. The van der Waals surface area contributed by atoms with Crippen molar-refractivity contribution in [2.24, 2.45) is 10.3 Å². The summed E-state index contributed by atoms with van der Waals surface area (Å²) in [4.78, 5) is 0. The van der Waals surface area contributed by atoms with E-state index in [1.165, 1.54) is 14.2 Å². The van der Waals surface area contributed by atoms with Gasteiger partial charge in [-0.15, -0.1) is 0 Å². The van der Waals surface area contributed by atoms with Gasteiger partial charge in [-0.2, -0.15) is 0 Å². The predicted octanol–water partition coefficient (Wildman–Crippen LogP) is -0.209. The second kappa shape index (κ2) is 4.56. The fraction of sp³-hybridized carbons (Fsp3) is 0.750. The SMILES string of the molecule is COC1(OC)C(=N/O)/C(=N/O)CC[C@H]1O. The Morgan fingerprint density at radius 3 is 2.27 bits per heavy atom. The molecule has 0 spiro atoms. The molecule has 3 N–H and O–H groups in total. The fourth-order valence-corrected chi connectivity index (χ4v) is 1.71. The molecule has 1 rings (SSSR count). The highest BCUT2D eigenvalue weighted by molar-refractivity contribution is 6.45. The van der Waals surface area contributed by atoms with E-state index in [-0.39, 0.29) is 17.8 Å². The molecule has 15 heavy (non-hydrogen) atoms. The second-order valence-electron chi connectivity index (χ2n) is 3.13. The molecule has 0 saturated heterocycles. The summed E-state index contributed by atoms with van der Waals surface area (Å²) in [6, 6.07) is 0. The van der Waals surface area contributed by atoms with E-state index in [4.69, 9.17) is 19.9 Å². The normalized spacial score (nSPS) is 31.0. The monoisotopic (exact) mass is 218 g/mol. The number of aliphatic hydroxyl groups is 1. The maximum atomic E-state index is 9.76. The van der Waals surface area contributed by atoms with Gasteiger partial charge in [-0.1, -0.05) is 10.3 Å². The number of hydrogen-bond donors (Lipinski definition) is 3. The van der Waals surface area contributed by atoms with Crippen LogP contribution in [0, 0.1) is 0 Å². The summed E-state index contributed by atoms with van der Waals surface area (Å²) in [7, 11) is 2.61. The summed E-state index contributed by atoms with van der Waals surface area (Å²) in [6.07, 6.45) is -0.407. The van der Waals surface area contributed by atoms with Crippen molar-refractivity contribution in [1.29, 1.82) is 0 Å². The number of rotatable bonds is 2. The number of methoxy groups -OCH3 is 2. The summed E-state index contributed by atoms with van der Waals surface area (Å²) in [5, 5.41) is 33.2. The molecule has 0 unspecified atom stereocenters. The maximum Gasteiger partial charge on any atom is 0.244 e. The number of hydrogen-bond acceptors (Lipinski definition) is 7. The van der Waals surface area contributed by atoms with E-state index in [1.807, 2.05) is 0 Å². The third-order valence-electron chi connectivity index (χ3n) is 2.52. The van der Waals surface area contributed by atoms with Gasteiger partial charge in [0.05, 0.1) is 0 Å². The predicted molar refractivity (Wildman–Crippen MR) is 50.4 cm³/mol. The Bertz CT molecular complexity index is 285. The summed E-state index contributed by atoms with van der Waals surface area (Å²) in [5.74, 6) is -1.57. The molecular weight excluding hydrogens is 204 g/mol. The standard InChI is InChI=1S/C8H14N2O5/c1-14-8(15-2)6(11)4-3-5(9-12)7(8)10-13/h6,11-13H,3-4H2,1-2H3/b9-5+,10-7+/t6-/m1/s1. The van der Waals surface area contributed by atoms with Crippen LogP contribution in [0.2, 0.25) is 0 Å². The molecule has 1 aliphatic carbocycles. The molecule has 1 saturated carbocycles. The zero-order valence-corrected chi connectivity index (χ0v) is 8.54. The van der Waals surface area contributed by atoms with E-state index < -0.39 is 11.9 Å². The first-order valence-electron chi connectivity index (χ1n) is 4.38. The van der Waals surface area contributed by atoms with Crippen LogP contribution in [-0.4, -0.2) is 53.1 Å². The highest BCUT2D eigenvalue weighted by Gasteiger charge is 2.50. The molecule has 0 aromatic carbocycles. The molecule has 7 heteroatoms. The number of oxime groups is 2. The molecule has 7 nitrogen and oxygen atoms in total. The van der Waals surface area contributed by atoms with Crippen LogP contribution in [0.1, 0.15) is 12.8 Å². The van der Waals surface area contributed by atoms with Gasteiger partial charge in [-0.25, -0.2) is 0 Å². The van der Waals surface area contributed by atoms with Gasteiger partial charge in [0.1, 0.15) is 11.8 Å². The van der Waals surface area contributed by atoms with E-state index in [0.717, 1.165) is 0 Å². The highest BCUT2D eigenvalue weighted by atomic mass is 16.7. The molecule has 0 amide bonds. The molecule has 0 heterocycles. The summed E-state index contributed by atoms with van der Waals surface area (Å²) in [5.41, 5.74) is 0.0141. The van der Waals surface area contributed by atoms with Crippen molar-refractivity contribution in [1.82, 2.24) is 0 Å². The third-order valence-corrected chi connectivity index (χ3v) is 2.52. The first-order chi connectivity index (χ1) is 7.16. The average molecular weight is 218 g/mol. The minimum atomic E-state index is -1.57. The molecule has 0 aromatic heterocycles. The van der Waals surface area contributed by atoms with Crippen LogP contribution < -0.4 is 0 Å².